The van der Waals surface area contributed by atoms with E-state index >= 15 is 0 Å². The number of hydrogen-bond acceptors (Lipinski definition) is 4. The summed E-state index contributed by atoms with van der Waals surface area (Å²) in [5.74, 6) is 3.31. The molecule has 2 heterocycles. The van der Waals surface area contributed by atoms with Crippen LogP contribution in [-0.4, -0.2) is 50.6 Å². The molecule has 88 valence electrons. The molecule has 0 radical (unpaired) electrons. The molecule has 0 bridgehead atoms. The van der Waals surface area contributed by atoms with E-state index in [9.17, 15) is 4.79 Å². The number of hydrogen-bond donors (Lipinski definition) is 1. The lowest BCUT2D eigenvalue weighted by Gasteiger charge is -2.24. The van der Waals surface area contributed by atoms with E-state index in [1.807, 2.05) is 30.5 Å². The molecule has 0 unspecified atom stereocenters. The number of H-pyrrole nitrogens is 1. The van der Waals surface area contributed by atoms with Gasteiger partial charge in [-0.05, 0) is 0 Å². The van der Waals surface area contributed by atoms with Crippen molar-refractivity contribution in [1.82, 2.24) is 20.1 Å². The summed E-state index contributed by atoms with van der Waals surface area (Å²) < 4.78 is 0. The zero-order chi connectivity index (χ0) is 11.5. The van der Waals surface area contributed by atoms with Crippen LogP contribution in [0.25, 0.3) is 0 Å². The summed E-state index contributed by atoms with van der Waals surface area (Å²) >= 11 is 1.88. The fourth-order valence-corrected chi connectivity index (χ4v) is 2.44. The van der Waals surface area contributed by atoms with Crippen LogP contribution in [0, 0.1) is 0 Å². The number of amides is 1. The van der Waals surface area contributed by atoms with Crippen molar-refractivity contribution in [3.8, 4) is 0 Å². The number of rotatable bonds is 2. The largest absolute Gasteiger partial charge is 0.334 e. The first kappa shape index (κ1) is 11.4. The Morgan fingerprint density at radius 2 is 2.12 bits per heavy atom. The summed E-state index contributed by atoms with van der Waals surface area (Å²) in [6, 6.07) is 0. The maximum atomic E-state index is 12.0. The first-order valence-electron chi connectivity index (χ1n) is 5.48. The minimum atomic E-state index is -0.0524. The van der Waals surface area contributed by atoms with Gasteiger partial charge in [-0.25, -0.2) is 4.98 Å². The average Bonchev–Trinajstić information content (AvgIpc) is 2.78. The first-order valence-corrected chi connectivity index (χ1v) is 6.63. The van der Waals surface area contributed by atoms with Crippen molar-refractivity contribution in [2.45, 2.75) is 19.8 Å². The molecule has 0 aliphatic carbocycles. The van der Waals surface area contributed by atoms with Crippen LogP contribution < -0.4 is 0 Å². The number of carbonyl (C=O) groups is 1. The molecule has 0 saturated carbocycles. The Labute approximate surface area is 99.0 Å². The van der Waals surface area contributed by atoms with Crippen molar-refractivity contribution < 1.29 is 4.79 Å². The van der Waals surface area contributed by atoms with E-state index in [0.717, 1.165) is 30.4 Å². The van der Waals surface area contributed by atoms with E-state index in [1.165, 1.54) is 0 Å². The van der Waals surface area contributed by atoms with Crippen LogP contribution in [0.4, 0.5) is 0 Å². The van der Waals surface area contributed by atoms with E-state index in [2.05, 4.69) is 15.2 Å². The van der Waals surface area contributed by atoms with Gasteiger partial charge < -0.3 is 4.90 Å². The zero-order valence-electron chi connectivity index (χ0n) is 9.56. The lowest BCUT2D eigenvalue weighted by atomic mass is 10.2. The summed E-state index contributed by atoms with van der Waals surface area (Å²) in [6.45, 7) is 5.64. The molecule has 5 nitrogen and oxygen atoms in total. The van der Waals surface area contributed by atoms with Gasteiger partial charge >= 0.3 is 0 Å². The van der Waals surface area contributed by atoms with Crippen molar-refractivity contribution in [3.63, 3.8) is 0 Å². The molecule has 1 aromatic heterocycles. The molecule has 1 aromatic rings. The van der Waals surface area contributed by atoms with E-state index in [-0.39, 0.29) is 11.8 Å². The Bertz CT molecular complexity index is 371. The highest BCUT2D eigenvalue weighted by Gasteiger charge is 2.22. The van der Waals surface area contributed by atoms with Gasteiger partial charge in [-0.1, -0.05) is 13.8 Å². The molecule has 0 atom stereocenters. The number of carbonyl (C=O) groups excluding carboxylic acids is 1. The van der Waals surface area contributed by atoms with Crippen molar-refractivity contribution in [3.05, 3.63) is 11.6 Å². The highest BCUT2D eigenvalue weighted by Crippen LogP contribution is 2.13. The second kappa shape index (κ2) is 4.86. The summed E-state index contributed by atoms with van der Waals surface area (Å²) in [6.07, 6.45) is 0. The molecule has 1 N–H and O–H groups in total. The van der Waals surface area contributed by atoms with Crippen molar-refractivity contribution in [2.75, 3.05) is 24.6 Å². The van der Waals surface area contributed by atoms with E-state index in [1.54, 1.807) is 0 Å². The van der Waals surface area contributed by atoms with Gasteiger partial charge in [0, 0.05) is 30.5 Å². The third-order valence-electron chi connectivity index (χ3n) is 2.54. The molecule has 1 aliphatic heterocycles. The number of aromatic amines is 1. The monoisotopic (exact) mass is 240 g/mol. The quantitative estimate of drug-likeness (QED) is 0.841. The highest BCUT2D eigenvalue weighted by atomic mass is 32.2. The lowest BCUT2D eigenvalue weighted by Crippen LogP contribution is -2.38. The second-order valence-corrected chi connectivity index (χ2v) is 5.33. The van der Waals surface area contributed by atoms with E-state index < -0.39 is 0 Å². The van der Waals surface area contributed by atoms with Gasteiger partial charge in [0.1, 0.15) is 5.82 Å². The third-order valence-corrected chi connectivity index (χ3v) is 3.48. The molecule has 1 aliphatic rings. The van der Waals surface area contributed by atoms with Crippen molar-refractivity contribution >= 4 is 17.7 Å². The van der Waals surface area contributed by atoms with Crippen LogP contribution in [0.15, 0.2) is 0 Å². The second-order valence-electron chi connectivity index (χ2n) is 4.10. The van der Waals surface area contributed by atoms with Gasteiger partial charge in [0.15, 0.2) is 0 Å². The molecule has 2 rings (SSSR count). The summed E-state index contributed by atoms with van der Waals surface area (Å²) in [5, 5.41) is 6.79. The number of nitrogens with one attached hydrogen (secondary N) is 1. The normalized spacial score (nSPS) is 16.8. The zero-order valence-corrected chi connectivity index (χ0v) is 10.4. The summed E-state index contributed by atoms with van der Waals surface area (Å²) in [5.41, 5.74) is 0. The van der Waals surface area contributed by atoms with Gasteiger partial charge in [0.25, 0.3) is 5.91 Å². The maximum absolute atomic E-state index is 12.0. The van der Waals surface area contributed by atoms with Gasteiger partial charge in [0.2, 0.25) is 5.82 Å². The summed E-state index contributed by atoms with van der Waals surface area (Å²) in [4.78, 5) is 18.1. The number of thioether (sulfide) groups is 1. The fourth-order valence-electron chi connectivity index (χ4n) is 1.54. The molecule has 16 heavy (non-hydrogen) atoms. The molecule has 0 aromatic carbocycles. The minimum absolute atomic E-state index is 0.0524. The van der Waals surface area contributed by atoms with Crippen LogP contribution in [0.3, 0.4) is 0 Å². The standard InChI is InChI=1S/C10H16N4OS/c1-7(2)8-11-9(13-12-8)10(15)14-3-5-16-6-4-14/h7H,3-6H2,1-2H3,(H,11,12,13). The Kier molecular flexibility index (Phi) is 3.48. The topological polar surface area (TPSA) is 61.9 Å². The predicted octanol–water partition coefficient (Wildman–Crippen LogP) is 1.12. The third kappa shape index (κ3) is 2.37. The van der Waals surface area contributed by atoms with Crippen LogP contribution in [-0.2, 0) is 0 Å². The molecule has 0 spiro atoms. The molecule has 6 heteroatoms. The molecular formula is C10H16N4OS. The van der Waals surface area contributed by atoms with E-state index in [0.29, 0.717) is 5.82 Å². The van der Waals surface area contributed by atoms with Crippen molar-refractivity contribution in [1.29, 1.82) is 0 Å². The maximum Gasteiger partial charge on any atom is 0.293 e. The van der Waals surface area contributed by atoms with Crippen LogP contribution in [0.1, 0.15) is 36.2 Å². The Hall–Kier alpha value is -1.04. The molecule has 1 fully saturated rings. The lowest BCUT2D eigenvalue weighted by molar-refractivity contribution is 0.0760. The van der Waals surface area contributed by atoms with E-state index in [4.69, 9.17) is 0 Å². The molecule has 1 amide bonds. The Balaban J connectivity index is 2.07. The average molecular weight is 240 g/mol. The molecule has 1 saturated heterocycles. The SMILES string of the molecule is CC(C)c1nc(C(=O)N2CCSCC2)n[nH]1. The number of nitrogens with zero attached hydrogens (tertiary/aromatic N) is 3. The van der Waals surface area contributed by atoms with Crippen LogP contribution >= 0.6 is 11.8 Å². The van der Waals surface area contributed by atoms with Gasteiger partial charge in [-0.15, -0.1) is 5.10 Å². The van der Waals surface area contributed by atoms with Gasteiger partial charge in [-0.3, -0.25) is 9.89 Å². The summed E-state index contributed by atoms with van der Waals surface area (Å²) in [7, 11) is 0. The Morgan fingerprint density at radius 3 is 2.69 bits per heavy atom. The van der Waals surface area contributed by atoms with Gasteiger partial charge in [0.05, 0.1) is 0 Å². The number of aromatic nitrogens is 3. The Morgan fingerprint density at radius 1 is 1.44 bits per heavy atom. The first-order chi connectivity index (χ1) is 7.68. The minimum Gasteiger partial charge on any atom is -0.334 e. The fraction of sp³-hybridized carbons (Fsp3) is 0.700. The van der Waals surface area contributed by atoms with Gasteiger partial charge in [-0.2, -0.15) is 11.8 Å². The van der Waals surface area contributed by atoms with Crippen LogP contribution in [0.2, 0.25) is 0 Å². The van der Waals surface area contributed by atoms with Crippen LogP contribution in [0.5, 0.6) is 0 Å². The smallest absolute Gasteiger partial charge is 0.293 e. The predicted molar refractivity (Wildman–Crippen MR) is 63.7 cm³/mol. The van der Waals surface area contributed by atoms with Crippen molar-refractivity contribution in [2.24, 2.45) is 0 Å². The molecular weight excluding hydrogens is 224 g/mol. The highest BCUT2D eigenvalue weighted by molar-refractivity contribution is 7.99.